The molecule has 0 saturated heterocycles. The van der Waals surface area contributed by atoms with Crippen LogP contribution in [0.25, 0.3) is 0 Å². The normalized spacial score (nSPS) is 13.1. The quantitative estimate of drug-likeness (QED) is 0.222. The van der Waals surface area contributed by atoms with Crippen LogP contribution in [0.4, 0.5) is 10.5 Å². The summed E-state index contributed by atoms with van der Waals surface area (Å²) >= 11 is 0. The average Bonchev–Trinajstić information content (AvgIpc) is 3.50. The van der Waals surface area contributed by atoms with Gasteiger partial charge in [0.25, 0.3) is 0 Å². The molecule has 214 valence electrons. The van der Waals surface area contributed by atoms with Crippen LogP contribution in [0.2, 0.25) is 0 Å². The molecule has 1 N–H and O–H groups in total. The number of hydrogen-bond donors (Lipinski definition) is 1. The van der Waals surface area contributed by atoms with Gasteiger partial charge in [-0.05, 0) is 75.4 Å². The van der Waals surface area contributed by atoms with Gasteiger partial charge in [-0.3, -0.25) is 9.36 Å². The molecule has 8 nitrogen and oxygen atoms in total. The predicted octanol–water partition coefficient (Wildman–Crippen LogP) is 6.77. The average molecular weight is 575 g/mol. The number of hydrogen-bond acceptors (Lipinski definition) is 6. The van der Waals surface area contributed by atoms with Gasteiger partial charge in [-0.2, -0.15) is 0 Å². The SMILES string of the molecule is COc1ccc(NC(=O)[C@H](C)[C@@H](c2ccoc2)N(C(=O)OC(C)(C)C)P(=O)(c2ccccc2)c2ccccc2)cc1. The van der Waals surface area contributed by atoms with E-state index in [9.17, 15) is 9.59 Å². The molecule has 0 aliphatic heterocycles. The van der Waals surface area contributed by atoms with Gasteiger partial charge in [0.05, 0.1) is 31.6 Å². The largest absolute Gasteiger partial charge is 0.497 e. The van der Waals surface area contributed by atoms with Crippen molar-refractivity contribution in [3.63, 3.8) is 0 Å². The topological polar surface area (TPSA) is 98.1 Å². The van der Waals surface area contributed by atoms with E-state index >= 15 is 4.57 Å². The van der Waals surface area contributed by atoms with Crippen LogP contribution < -0.4 is 20.7 Å². The highest BCUT2D eigenvalue weighted by Gasteiger charge is 2.48. The highest BCUT2D eigenvalue weighted by molar-refractivity contribution is 7.77. The maximum atomic E-state index is 15.6. The van der Waals surface area contributed by atoms with Crippen molar-refractivity contribution in [3.8, 4) is 5.75 Å². The summed E-state index contributed by atoms with van der Waals surface area (Å²) < 4.78 is 33.3. The van der Waals surface area contributed by atoms with Crippen molar-refractivity contribution in [2.45, 2.75) is 39.3 Å². The number of carbonyl (C=O) groups excluding carboxylic acids is 2. The lowest BCUT2D eigenvalue weighted by atomic mass is 9.95. The summed E-state index contributed by atoms with van der Waals surface area (Å²) in [6.45, 7) is 6.91. The van der Waals surface area contributed by atoms with Gasteiger partial charge in [0.1, 0.15) is 11.4 Å². The van der Waals surface area contributed by atoms with Crippen molar-refractivity contribution in [1.29, 1.82) is 0 Å². The fraction of sp³-hybridized carbons (Fsp3) is 0.250. The van der Waals surface area contributed by atoms with Gasteiger partial charge < -0.3 is 19.2 Å². The zero-order valence-corrected chi connectivity index (χ0v) is 24.7. The van der Waals surface area contributed by atoms with Crippen molar-refractivity contribution >= 4 is 35.6 Å². The molecule has 2 amide bonds. The summed E-state index contributed by atoms with van der Waals surface area (Å²) in [6.07, 6.45) is 2.10. The Morgan fingerprint density at radius 2 is 1.44 bits per heavy atom. The van der Waals surface area contributed by atoms with Gasteiger partial charge >= 0.3 is 6.09 Å². The third-order valence-electron chi connectivity index (χ3n) is 6.49. The Morgan fingerprint density at radius 1 is 0.878 bits per heavy atom. The molecule has 3 aromatic carbocycles. The molecule has 9 heteroatoms. The first-order valence-corrected chi connectivity index (χ1v) is 14.9. The highest BCUT2D eigenvalue weighted by atomic mass is 31.2. The van der Waals surface area contributed by atoms with Crippen molar-refractivity contribution < 1.29 is 28.0 Å². The number of carbonyl (C=O) groups is 2. The van der Waals surface area contributed by atoms with Crippen molar-refractivity contribution in [2.24, 2.45) is 5.92 Å². The minimum Gasteiger partial charge on any atom is -0.497 e. The molecule has 4 aromatic rings. The fourth-order valence-electron chi connectivity index (χ4n) is 4.53. The molecular weight excluding hydrogens is 539 g/mol. The Morgan fingerprint density at radius 3 is 1.90 bits per heavy atom. The van der Waals surface area contributed by atoms with E-state index in [2.05, 4.69) is 5.32 Å². The van der Waals surface area contributed by atoms with Crippen LogP contribution in [-0.2, 0) is 14.1 Å². The van der Waals surface area contributed by atoms with Crippen LogP contribution in [0.1, 0.15) is 39.3 Å². The second-order valence-corrected chi connectivity index (χ2v) is 13.2. The van der Waals surface area contributed by atoms with Crippen LogP contribution in [-0.4, -0.2) is 29.4 Å². The van der Waals surface area contributed by atoms with Gasteiger partial charge in [-0.1, -0.05) is 43.3 Å². The Balaban J connectivity index is 1.89. The number of nitrogens with one attached hydrogen (secondary N) is 1. The van der Waals surface area contributed by atoms with Crippen LogP contribution in [0, 0.1) is 5.92 Å². The van der Waals surface area contributed by atoms with Gasteiger partial charge in [-0.25, -0.2) is 9.46 Å². The lowest BCUT2D eigenvalue weighted by molar-refractivity contribution is -0.120. The molecule has 1 aromatic heterocycles. The van der Waals surface area contributed by atoms with Gasteiger partial charge in [0.2, 0.25) is 13.2 Å². The molecule has 4 rings (SSSR count). The van der Waals surface area contributed by atoms with E-state index in [4.69, 9.17) is 13.9 Å². The van der Waals surface area contributed by atoms with Gasteiger partial charge in [0, 0.05) is 21.9 Å². The Bertz CT molecular complexity index is 1440. The molecule has 0 saturated carbocycles. The summed E-state index contributed by atoms with van der Waals surface area (Å²) in [5, 5.41) is 3.76. The van der Waals surface area contributed by atoms with E-state index in [1.165, 1.54) is 17.2 Å². The number of nitrogens with zero attached hydrogens (tertiary/aromatic N) is 1. The van der Waals surface area contributed by atoms with E-state index < -0.39 is 30.9 Å². The van der Waals surface area contributed by atoms with Crippen molar-refractivity contribution in [2.75, 3.05) is 12.4 Å². The van der Waals surface area contributed by atoms with Crippen LogP contribution >= 0.6 is 7.29 Å². The van der Waals surface area contributed by atoms with Crippen LogP contribution in [0.3, 0.4) is 0 Å². The molecule has 0 aliphatic carbocycles. The second kappa shape index (κ2) is 12.5. The van der Waals surface area contributed by atoms with E-state index in [0.29, 0.717) is 27.6 Å². The third-order valence-corrected chi connectivity index (χ3v) is 9.50. The molecule has 0 aliphatic rings. The maximum Gasteiger partial charge on any atom is 0.416 e. The van der Waals surface area contributed by atoms with Crippen LogP contribution in [0.5, 0.6) is 5.75 Å². The van der Waals surface area contributed by atoms with Crippen LogP contribution in [0.15, 0.2) is 108 Å². The minimum atomic E-state index is -3.94. The number of methoxy groups -OCH3 is 1. The first-order valence-electron chi connectivity index (χ1n) is 13.3. The third kappa shape index (κ3) is 6.72. The summed E-state index contributed by atoms with van der Waals surface area (Å²) in [4.78, 5) is 28.0. The first kappa shape index (κ1) is 29.7. The summed E-state index contributed by atoms with van der Waals surface area (Å²) in [5.41, 5.74) is 0.148. The minimum absolute atomic E-state index is 0.386. The van der Waals surface area contributed by atoms with Gasteiger partial charge in [0.15, 0.2) is 0 Å². The first-order chi connectivity index (χ1) is 19.5. The summed E-state index contributed by atoms with van der Waals surface area (Å²) in [6, 6.07) is 25.2. The van der Waals surface area contributed by atoms with E-state index in [-0.39, 0.29) is 5.91 Å². The zero-order chi connectivity index (χ0) is 29.6. The Hall–Kier alpha value is -4.29. The number of amides is 2. The molecule has 41 heavy (non-hydrogen) atoms. The molecular formula is C32H35N2O6P. The van der Waals surface area contributed by atoms with E-state index in [1.807, 2.05) is 12.1 Å². The number of ether oxygens (including phenoxy) is 2. The second-order valence-electron chi connectivity index (χ2n) is 10.6. The standard InChI is InChI=1S/C32H35N2O6P/c1-23(30(35)33-25-16-18-26(38-5)19-17-25)29(24-20-21-39-22-24)34(31(36)40-32(2,3)4)41(37,27-12-8-6-9-13-27)28-14-10-7-11-15-28/h6-23,29H,1-5H3,(H,33,35)/t23-,29+/m1/s1. The number of anilines is 1. The fourth-order valence-corrected chi connectivity index (χ4v) is 7.43. The molecule has 0 bridgehead atoms. The number of rotatable bonds is 9. The van der Waals surface area contributed by atoms with Gasteiger partial charge in [-0.15, -0.1) is 0 Å². The lowest BCUT2D eigenvalue weighted by Crippen LogP contribution is -2.45. The van der Waals surface area contributed by atoms with Crippen molar-refractivity contribution in [1.82, 2.24) is 4.67 Å². The molecule has 0 unspecified atom stereocenters. The smallest absolute Gasteiger partial charge is 0.416 e. The number of benzene rings is 3. The molecule has 2 atom stereocenters. The number of furan rings is 1. The molecule has 0 spiro atoms. The summed E-state index contributed by atoms with van der Waals surface area (Å²) in [7, 11) is -2.38. The zero-order valence-electron chi connectivity index (χ0n) is 23.8. The molecule has 0 fully saturated rings. The van der Waals surface area contributed by atoms with E-state index in [0.717, 1.165) is 0 Å². The Labute approximate surface area is 240 Å². The highest BCUT2D eigenvalue weighted by Crippen LogP contribution is 2.54. The maximum absolute atomic E-state index is 15.6. The van der Waals surface area contributed by atoms with Crippen molar-refractivity contribution in [3.05, 3.63) is 109 Å². The lowest BCUT2D eigenvalue weighted by Gasteiger charge is -2.40. The monoisotopic (exact) mass is 574 g/mol. The molecule has 0 radical (unpaired) electrons. The van der Waals surface area contributed by atoms with E-state index in [1.54, 1.807) is 114 Å². The molecule has 1 heterocycles. The Kier molecular flexibility index (Phi) is 9.04. The predicted molar refractivity (Wildman–Crippen MR) is 160 cm³/mol. The summed E-state index contributed by atoms with van der Waals surface area (Å²) in [5.74, 6) is -0.624.